The largest absolute Gasteiger partial charge is 0.396 e. The van der Waals surface area contributed by atoms with E-state index in [0.29, 0.717) is 6.42 Å². The van der Waals surface area contributed by atoms with E-state index < -0.39 is 0 Å². The van der Waals surface area contributed by atoms with Crippen LogP contribution in [0.4, 0.5) is 0 Å². The lowest BCUT2D eigenvalue weighted by molar-refractivity contribution is -0.117. The first-order valence-corrected chi connectivity index (χ1v) is 8.88. The van der Waals surface area contributed by atoms with Gasteiger partial charge in [-0.3, -0.25) is 4.79 Å². The van der Waals surface area contributed by atoms with E-state index >= 15 is 0 Å². The van der Waals surface area contributed by atoms with Crippen LogP contribution in [0, 0.1) is 31.1 Å². The van der Waals surface area contributed by atoms with Crippen molar-refractivity contribution in [2.75, 3.05) is 6.61 Å². The number of aromatic nitrogens is 1. The summed E-state index contributed by atoms with van der Waals surface area (Å²) in [5, 5.41) is 21.4. The van der Waals surface area contributed by atoms with Gasteiger partial charge >= 0.3 is 0 Å². The number of aliphatic hydroxyl groups excluding tert-OH is 1. The monoisotopic (exact) mass is 341 g/mol. The zero-order valence-corrected chi connectivity index (χ0v) is 15.2. The molecule has 0 radical (unpaired) electrons. The van der Waals surface area contributed by atoms with E-state index in [4.69, 9.17) is 5.11 Å². The molecule has 2 N–H and O–H groups in total. The van der Waals surface area contributed by atoms with Crippen molar-refractivity contribution in [3.05, 3.63) is 40.7 Å². The molecule has 1 aromatic heterocycles. The molecule has 2 rings (SSSR count). The second-order valence-electron chi connectivity index (χ2n) is 6.64. The Morgan fingerprint density at radius 2 is 2.24 bits per heavy atom. The van der Waals surface area contributed by atoms with Crippen LogP contribution in [0.25, 0.3) is 6.08 Å². The van der Waals surface area contributed by atoms with Crippen LogP contribution in [-0.2, 0) is 11.3 Å². The summed E-state index contributed by atoms with van der Waals surface area (Å²) in [5.74, 6) is -0.286. The van der Waals surface area contributed by atoms with Gasteiger partial charge in [0.2, 0.25) is 0 Å². The third kappa shape index (κ3) is 4.61. The van der Waals surface area contributed by atoms with E-state index in [0.717, 1.165) is 36.3 Å². The SMILES string of the molecule is CCCCn1c(C)cc(C=C(C#N)C(=O)N[C@@H]2C=C[C@H](CO)C2)c1C. The molecule has 5 heteroatoms. The van der Waals surface area contributed by atoms with Crippen molar-refractivity contribution < 1.29 is 9.90 Å². The molecule has 25 heavy (non-hydrogen) atoms. The Morgan fingerprint density at radius 1 is 1.48 bits per heavy atom. The Morgan fingerprint density at radius 3 is 2.84 bits per heavy atom. The molecule has 0 unspecified atom stereocenters. The number of carbonyl (C=O) groups is 1. The summed E-state index contributed by atoms with van der Waals surface area (Å²) in [6.07, 6.45) is 8.35. The average Bonchev–Trinajstić information content (AvgIpc) is 3.15. The first-order chi connectivity index (χ1) is 12.0. The maximum absolute atomic E-state index is 12.4. The molecule has 0 saturated heterocycles. The van der Waals surface area contributed by atoms with Gasteiger partial charge in [0.05, 0.1) is 0 Å². The van der Waals surface area contributed by atoms with Crippen LogP contribution in [0.2, 0.25) is 0 Å². The van der Waals surface area contributed by atoms with Gasteiger partial charge < -0.3 is 15.0 Å². The number of nitriles is 1. The smallest absolute Gasteiger partial charge is 0.262 e. The molecule has 0 spiro atoms. The molecule has 134 valence electrons. The molecule has 1 aliphatic rings. The van der Waals surface area contributed by atoms with Crippen LogP contribution in [-0.4, -0.2) is 28.2 Å². The summed E-state index contributed by atoms with van der Waals surface area (Å²) in [7, 11) is 0. The topological polar surface area (TPSA) is 78.0 Å². The highest BCUT2D eigenvalue weighted by molar-refractivity contribution is 6.02. The minimum absolute atomic E-state index is 0.0769. The average molecular weight is 341 g/mol. The van der Waals surface area contributed by atoms with E-state index in [2.05, 4.69) is 16.8 Å². The molecular formula is C20H27N3O2. The zero-order valence-electron chi connectivity index (χ0n) is 15.2. The highest BCUT2D eigenvalue weighted by Crippen LogP contribution is 2.20. The fourth-order valence-corrected chi connectivity index (χ4v) is 3.20. The minimum atomic E-state index is -0.367. The lowest BCUT2D eigenvalue weighted by Gasteiger charge is -2.12. The predicted octanol–water partition coefficient (Wildman–Crippen LogP) is 2.87. The molecule has 0 aromatic carbocycles. The van der Waals surface area contributed by atoms with Crippen molar-refractivity contribution in [1.29, 1.82) is 5.26 Å². The third-order valence-electron chi connectivity index (χ3n) is 4.74. The first kappa shape index (κ1) is 19.0. The normalized spacial score (nSPS) is 19.9. The van der Waals surface area contributed by atoms with E-state index in [1.807, 2.05) is 38.1 Å². The zero-order chi connectivity index (χ0) is 18.4. The number of carbonyl (C=O) groups excluding carboxylic acids is 1. The van der Waals surface area contributed by atoms with Gasteiger partial charge in [0, 0.05) is 36.5 Å². The fourth-order valence-electron chi connectivity index (χ4n) is 3.20. The molecule has 0 saturated carbocycles. The van der Waals surface area contributed by atoms with E-state index in [-0.39, 0.29) is 30.0 Å². The van der Waals surface area contributed by atoms with Crippen LogP contribution in [0.3, 0.4) is 0 Å². The van der Waals surface area contributed by atoms with Gasteiger partial charge in [0.25, 0.3) is 5.91 Å². The molecular weight excluding hydrogens is 314 g/mol. The van der Waals surface area contributed by atoms with Crippen molar-refractivity contribution in [2.45, 2.75) is 52.6 Å². The number of rotatable bonds is 7. The van der Waals surface area contributed by atoms with Crippen molar-refractivity contribution in [3.63, 3.8) is 0 Å². The lowest BCUT2D eigenvalue weighted by Crippen LogP contribution is -2.33. The van der Waals surface area contributed by atoms with Gasteiger partial charge in [-0.2, -0.15) is 5.26 Å². The van der Waals surface area contributed by atoms with Crippen LogP contribution >= 0.6 is 0 Å². The highest BCUT2D eigenvalue weighted by atomic mass is 16.3. The number of hydrogen-bond acceptors (Lipinski definition) is 3. The third-order valence-corrected chi connectivity index (χ3v) is 4.74. The summed E-state index contributed by atoms with van der Waals surface area (Å²) in [6.45, 7) is 7.25. The Labute approximate surface area is 149 Å². The van der Waals surface area contributed by atoms with Crippen molar-refractivity contribution >= 4 is 12.0 Å². The van der Waals surface area contributed by atoms with Crippen LogP contribution in [0.1, 0.15) is 43.1 Å². The van der Waals surface area contributed by atoms with Crippen molar-refractivity contribution in [2.24, 2.45) is 5.92 Å². The van der Waals surface area contributed by atoms with E-state index in [1.165, 1.54) is 0 Å². The lowest BCUT2D eigenvalue weighted by atomic mass is 10.1. The molecule has 0 aliphatic heterocycles. The second kappa shape index (κ2) is 8.68. The summed E-state index contributed by atoms with van der Waals surface area (Å²) in [6, 6.07) is 3.91. The molecule has 1 aromatic rings. The Kier molecular flexibility index (Phi) is 6.60. The number of hydrogen-bond donors (Lipinski definition) is 2. The standard InChI is InChI=1S/C20H27N3O2/c1-4-5-8-23-14(2)9-17(15(23)3)11-18(12-21)20(25)22-19-7-6-16(10-19)13-24/h6-7,9,11,16,19,24H,4-5,8,10,13H2,1-3H3,(H,22,25)/t16-,19+/m0/s1. The Balaban J connectivity index is 2.13. The van der Waals surface area contributed by atoms with Crippen molar-refractivity contribution in [3.8, 4) is 6.07 Å². The molecule has 1 heterocycles. The summed E-state index contributed by atoms with van der Waals surface area (Å²) in [5.41, 5.74) is 3.24. The number of aryl methyl sites for hydroxylation is 1. The van der Waals surface area contributed by atoms with Gasteiger partial charge in [-0.05, 0) is 44.4 Å². The second-order valence-corrected chi connectivity index (χ2v) is 6.64. The summed E-state index contributed by atoms with van der Waals surface area (Å²) in [4.78, 5) is 12.4. The number of unbranched alkanes of at least 4 members (excludes halogenated alkanes) is 1. The highest BCUT2D eigenvalue weighted by Gasteiger charge is 2.21. The van der Waals surface area contributed by atoms with Gasteiger partial charge in [0.1, 0.15) is 11.6 Å². The Bertz CT molecular complexity index is 722. The number of amides is 1. The molecule has 1 amide bonds. The van der Waals surface area contributed by atoms with Crippen LogP contribution in [0.5, 0.6) is 0 Å². The molecule has 5 nitrogen and oxygen atoms in total. The number of nitrogens with one attached hydrogen (secondary N) is 1. The number of nitrogens with zero attached hydrogens (tertiary/aromatic N) is 2. The maximum atomic E-state index is 12.4. The van der Waals surface area contributed by atoms with Crippen LogP contribution in [0.15, 0.2) is 23.8 Å². The number of aliphatic hydroxyl groups is 1. The van der Waals surface area contributed by atoms with Crippen LogP contribution < -0.4 is 5.32 Å². The molecule has 1 aliphatic carbocycles. The van der Waals surface area contributed by atoms with Gasteiger partial charge in [-0.25, -0.2) is 0 Å². The van der Waals surface area contributed by atoms with Gasteiger partial charge in [-0.1, -0.05) is 25.5 Å². The van der Waals surface area contributed by atoms with Gasteiger partial charge in [0.15, 0.2) is 0 Å². The molecule has 0 fully saturated rings. The molecule has 2 atom stereocenters. The van der Waals surface area contributed by atoms with Crippen molar-refractivity contribution in [1.82, 2.24) is 9.88 Å². The fraction of sp³-hybridized carbons (Fsp3) is 0.500. The van der Waals surface area contributed by atoms with Gasteiger partial charge in [-0.15, -0.1) is 0 Å². The predicted molar refractivity (Wildman–Crippen MR) is 98.7 cm³/mol. The van der Waals surface area contributed by atoms with E-state index in [1.54, 1.807) is 6.08 Å². The Hall–Kier alpha value is -2.32. The summed E-state index contributed by atoms with van der Waals surface area (Å²) >= 11 is 0. The maximum Gasteiger partial charge on any atom is 0.262 e. The summed E-state index contributed by atoms with van der Waals surface area (Å²) < 4.78 is 2.23. The van der Waals surface area contributed by atoms with E-state index in [9.17, 15) is 10.1 Å². The quantitative estimate of drug-likeness (QED) is 0.455. The first-order valence-electron chi connectivity index (χ1n) is 8.88. The molecule has 0 bridgehead atoms. The minimum Gasteiger partial charge on any atom is -0.396 e.